The second-order valence-corrected chi connectivity index (χ2v) is 16.6. The first kappa shape index (κ1) is 47.7. The maximum Gasteiger partial charge on any atom is 0.311 e. The number of carbonyl (C=O) groups is 1. The molecule has 0 aromatic heterocycles. The molecule has 15 heteroatoms. The molecular weight excluding hydrogens is 692 g/mol. The first-order valence-electron chi connectivity index (χ1n) is 18.7. The second-order valence-electron chi connectivity index (χ2n) is 16.6. The van der Waals surface area contributed by atoms with Gasteiger partial charge in [-0.25, -0.2) is 0 Å². The van der Waals surface area contributed by atoms with Gasteiger partial charge in [0.05, 0.1) is 53.4 Å². The molecule has 3 aliphatic rings. The van der Waals surface area contributed by atoms with E-state index in [9.17, 15) is 35.5 Å². The van der Waals surface area contributed by atoms with Crippen molar-refractivity contribution in [1.29, 1.82) is 0 Å². The van der Waals surface area contributed by atoms with Crippen LogP contribution in [0.25, 0.3) is 0 Å². The van der Waals surface area contributed by atoms with Crippen molar-refractivity contribution < 1.29 is 64.0 Å². The lowest BCUT2D eigenvalue weighted by atomic mass is 9.73. The van der Waals surface area contributed by atoms with Gasteiger partial charge < -0.3 is 64.1 Å². The summed E-state index contributed by atoms with van der Waals surface area (Å²) in [5, 5.41) is 71.8. The third kappa shape index (κ3) is 10.3. The number of rotatable bonds is 7. The lowest BCUT2D eigenvalue weighted by Gasteiger charge is -2.49. The molecule has 0 saturated carbocycles. The smallest absolute Gasteiger partial charge is 0.311 e. The Morgan fingerprint density at radius 3 is 2.06 bits per heavy atom. The van der Waals surface area contributed by atoms with E-state index in [0.717, 1.165) is 0 Å². The fourth-order valence-electron chi connectivity index (χ4n) is 8.61. The number of esters is 1. The summed E-state index contributed by atoms with van der Waals surface area (Å²) in [7, 11) is 5.19. The average Bonchev–Trinajstić information content (AvgIpc) is 3.06. The number of hydrogen-bond acceptors (Lipinski definition) is 15. The van der Waals surface area contributed by atoms with Crippen molar-refractivity contribution in [1.82, 2.24) is 4.90 Å². The van der Waals surface area contributed by atoms with Gasteiger partial charge in [-0.15, -0.1) is 0 Å². The van der Waals surface area contributed by atoms with Gasteiger partial charge in [0, 0.05) is 37.3 Å². The zero-order chi connectivity index (χ0) is 39.7. The van der Waals surface area contributed by atoms with Crippen LogP contribution in [-0.2, 0) is 33.2 Å². The molecule has 3 fully saturated rings. The molecule has 3 heterocycles. The number of cyclic esters (lactones) is 1. The number of aliphatic hydroxyl groups excluding tert-OH is 3. The molecule has 3 saturated heterocycles. The zero-order valence-corrected chi connectivity index (χ0v) is 33.4. The molecule has 15 nitrogen and oxygen atoms in total. The van der Waals surface area contributed by atoms with E-state index >= 15 is 0 Å². The van der Waals surface area contributed by atoms with Crippen molar-refractivity contribution >= 4 is 11.7 Å². The molecule has 3 aliphatic heterocycles. The molecule has 0 aromatic carbocycles. The first-order valence-corrected chi connectivity index (χ1v) is 18.7. The highest BCUT2D eigenvalue weighted by Gasteiger charge is 2.53. The van der Waals surface area contributed by atoms with E-state index < -0.39 is 102 Å². The summed E-state index contributed by atoms with van der Waals surface area (Å²) in [6.07, 6.45) is -9.51. The SMILES string of the molecule is C.CC[C@H]1OC(=O)[C@H](C)[C@@H](OC2CC(C)(OC)C(O)C(C)O2)C(C)[C@@H](OC2OC(C)CC(N(C)C)C2O)[C@](C)(O)C[C@@H](C)/C(=N\O)[C@H](C)[C@@H](O)[C@]1(C)O. The van der Waals surface area contributed by atoms with Crippen LogP contribution < -0.4 is 0 Å². The molecule has 0 aliphatic carbocycles. The molecule has 0 bridgehead atoms. The molecule has 6 N–H and O–H groups in total. The van der Waals surface area contributed by atoms with Crippen LogP contribution in [0.15, 0.2) is 5.16 Å². The van der Waals surface area contributed by atoms with Crippen LogP contribution in [0.4, 0.5) is 0 Å². The number of ether oxygens (including phenoxy) is 6. The van der Waals surface area contributed by atoms with Gasteiger partial charge in [-0.05, 0) is 74.9 Å². The number of oxime groups is 1. The zero-order valence-electron chi connectivity index (χ0n) is 33.4. The van der Waals surface area contributed by atoms with Gasteiger partial charge in [0.15, 0.2) is 12.6 Å². The average molecular weight is 765 g/mol. The Hall–Kier alpha value is -1.50. The van der Waals surface area contributed by atoms with E-state index in [1.165, 1.54) is 14.0 Å². The van der Waals surface area contributed by atoms with Crippen LogP contribution in [0, 0.1) is 23.7 Å². The normalized spacial score (nSPS) is 48.8. The minimum absolute atomic E-state index is 0. The number of likely N-dealkylation sites (N-methyl/N-ethyl adjacent to an activating group) is 1. The highest BCUT2D eigenvalue weighted by molar-refractivity contribution is 5.88. The quantitative estimate of drug-likeness (QED) is 0.125. The molecule has 312 valence electrons. The first-order chi connectivity index (χ1) is 24.0. The molecule has 0 spiro atoms. The largest absolute Gasteiger partial charge is 0.459 e. The Kier molecular flexibility index (Phi) is 16.7. The summed E-state index contributed by atoms with van der Waals surface area (Å²) in [6.45, 7) is 16.6. The van der Waals surface area contributed by atoms with Gasteiger partial charge in [0.25, 0.3) is 0 Å². The highest BCUT2D eigenvalue weighted by Crippen LogP contribution is 2.41. The molecule has 3 rings (SSSR count). The van der Waals surface area contributed by atoms with Crippen molar-refractivity contribution in [2.24, 2.45) is 28.8 Å². The minimum atomic E-state index is -1.97. The van der Waals surface area contributed by atoms with Crippen LogP contribution >= 0.6 is 0 Å². The van der Waals surface area contributed by atoms with Crippen LogP contribution in [-0.4, -0.2) is 153 Å². The second kappa shape index (κ2) is 18.6. The fraction of sp³-hybridized carbons (Fsp3) is 0.947. The molecule has 0 amide bonds. The number of methoxy groups -OCH3 is 1. The van der Waals surface area contributed by atoms with Crippen LogP contribution in [0.2, 0.25) is 0 Å². The molecule has 0 radical (unpaired) electrons. The third-order valence-electron chi connectivity index (χ3n) is 12.0. The van der Waals surface area contributed by atoms with Crippen molar-refractivity contribution in [3.05, 3.63) is 0 Å². The monoisotopic (exact) mass is 765 g/mol. The summed E-state index contributed by atoms with van der Waals surface area (Å²) >= 11 is 0. The van der Waals surface area contributed by atoms with Crippen molar-refractivity contribution in [2.45, 2.75) is 187 Å². The lowest BCUT2D eigenvalue weighted by molar-refractivity contribution is -0.317. The number of nitrogens with zero attached hydrogens (tertiary/aromatic N) is 2. The molecule has 9 unspecified atom stereocenters. The highest BCUT2D eigenvalue weighted by atomic mass is 16.7. The molecule has 18 atom stereocenters. The Morgan fingerprint density at radius 2 is 1.53 bits per heavy atom. The summed E-state index contributed by atoms with van der Waals surface area (Å²) in [5.74, 6) is -4.24. The Balaban J connectivity index is 0.00000972. The van der Waals surface area contributed by atoms with E-state index in [0.29, 0.717) is 6.42 Å². The predicted octanol–water partition coefficient (Wildman–Crippen LogP) is 2.68. The Labute approximate surface area is 316 Å². The number of aliphatic hydroxyl groups is 5. The van der Waals surface area contributed by atoms with Gasteiger partial charge in [-0.2, -0.15) is 0 Å². The van der Waals surface area contributed by atoms with E-state index in [1.807, 2.05) is 25.9 Å². The third-order valence-corrected chi connectivity index (χ3v) is 12.0. The summed E-state index contributed by atoms with van der Waals surface area (Å²) in [5.41, 5.74) is -4.68. The van der Waals surface area contributed by atoms with E-state index in [2.05, 4.69) is 5.16 Å². The van der Waals surface area contributed by atoms with Gasteiger partial charge in [0.1, 0.15) is 23.9 Å². The van der Waals surface area contributed by atoms with Crippen molar-refractivity contribution in [2.75, 3.05) is 21.2 Å². The van der Waals surface area contributed by atoms with Crippen LogP contribution in [0.3, 0.4) is 0 Å². The van der Waals surface area contributed by atoms with Crippen molar-refractivity contribution in [3.63, 3.8) is 0 Å². The maximum absolute atomic E-state index is 14.1. The summed E-state index contributed by atoms with van der Waals surface area (Å²) < 4.78 is 37.2. The topological polar surface area (TPSA) is 209 Å². The standard InChI is InChI=1S/C37H68N2O13.CH4/c1-14-25-37(10,45)30(41)20(4)27(38-46)18(2)16-35(8,44)32(52-34-28(40)24(39(11)12)15-19(3)48-34)21(5)29(22(6)33(43)50-25)51-26-17-36(9,47-13)31(42)23(7)49-26;/h18-26,28-32,34,40-42,44-46H,14-17H2,1-13H3;1H4/b38-27+;/t18-,19?,20+,21?,22-,23?,24?,25-,26?,28?,29+,30-,31?,32-,34?,35-,36?,37-;/m1./s1. The van der Waals surface area contributed by atoms with Crippen LogP contribution in [0.5, 0.6) is 0 Å². The number of carbonyl (C=O) groups excluding carboxylic acids is 1. The summed E-state index contributed by atoms with van der Waals surface area (Å²) in [4.78, 5) is 16.0. The summed E-state index contributed by atoms with van der Waals surface area (Å²) in [6, 6.07) is -0.322. The Bertz CT molecular complexity index is 1200. The predicted molar refractivity (Wildman–Crippen MR) is 197 cm³/mol. The number of hydrogen-bond donors (Lipinski definition) is 6. The van der Waals surface area contributed by atoms with Crippen molar-refractivity contribution in [3.8, 4) is 0 Å². The fourth-order valence-corrected chi connectivity index (χ4v) is 8.61. The van der Waals surface area contributed by atoms with E-state index in [-0.39, 0.29) is 44.5 Å². The molecule has 53 heavy (non-hydrogen) atoms. The van der Waals surface area contributed by atoms with Gasteiger partial charge >= 0.3 is 5.97 Å². The minimum Gasteiger partial charge on any atom is -0.459 e. The van der Waals surface area contributed by atoms with Crippen LogP contribution in [0.1, 0.15) is 102 Å². The van der Waals surface area contributed by atoms with E-state index in [1.54, 1.807) is 55.4 Å². The molecule has 0 aromatic rings. The van der Waals surface area contributed by atoms with Gasteiger partial charge in [-0.3, -0.25) is 4.79 Å². The Morgan fingerprint density at radius 1 is 0.925 bits per heavy atom. The van der Waals surface area contributed by atoms with Gasteiger partial charge in [-0.1, -0.05) is 40.3 Å². The maximum atomic E-state index is 14.1. The van der Waals surface area contributed by atoms with Gasteiger partial charge in [0.2, 0.25) is 0 Å². The molecular formula is C38H72N2O13. The van der Waals surface area contributed by atoms with E-state index in [4.69, 9.17) is 28.4 Å². The lowest BCUT2D eigenvalue weighted by Crippen LogP contribution is -2.61.